The first-order chi connectivity index (χ1) is 12.7. The summed E-state index contributed by atoms with van der Waals surface area (Å²) in [5.74, 6) is 0.641. The first kappa shape index (κ1) is 17.3. The highest BCUT2D eigenvalue weighted by Gasteiger charge is 2.41. The zero-order valence-electron chi connectivity index (χ0n) is 13.9. The van der Waals surface area contributed by atoms with Gasteiger partial charge in [0.1, 0.15) is 5.75 Å². The normalized spacial score (nSPS) is 19.5. The van der Waals surface area contributed by atoms with Gasteiger partial charge in [-0.3, -0.25) is 4.98 Å². The van der Waals surface area contributed by atoms with Crippen molar-refractivity contribution < 1.29 is 4.74 Å². The van der Waals surface area contributed by atoms with Crippen LogP contribution >= 0.6 is 35.2 Å². The van der Waals surface area contributed by atoms with Gasteiger partial charge in [0.2, 0.25) is 0 Å². The summed E-state index contributed by atoms with van der Waals surface area (Å²) in [6.45, 7) is 0. The third-order valence-corrected chi connectivity index (χ3v) is 5.90. The minimum atomic E-state index is -0.0387. The lowest BCUT2D eigenvalue weighted by Crippen LogP contribution is -2.29. The molecule has 7 heteroatoms. The first-order valence-corrected chi connectivity index (χ1v) is 9.73. The minimum Gasteiger partial charge on any atom is -0.495 e. The quantitative estimate of drug-likeness (QED) is 0.624. The molecule has 1 aromatic carbocycles. The van der Waals surface area contributed by atoms with Crippen LogP contribution in [0.25, 0.3) is 0 Å². The average molecular weight is 402 g/mol. The van der Waals surface area contributed by atoms with E-state index in [2.05, 4.69) is 32.7 Å². The van der Waals surface area contributed by atoms with E-state index in [0.717, 1.165) is 11.4 Å². The maximum Gasteiger partial charge on any atom is 0.174 e. The number of anilines is 1. The Balaban J connectivity index is 1.80. The van der Waals surface area contributed by atoms with Crippen LogP contribution in [-0.2, 0) is 0 Å². The molecule has 2 atom stereocenters. The maximum atomic E-state index is 6.36. The molecule has 0 spiro atoms. The predicted octanol–water partition coefficient (Wildman–Crippen LogP) is 4.98. The Labute approximate surface area is 166 Å². The molecule has 3 heterocycles. The summed E-state index contributed by atoms with van der Waals surface area (Å²) < 4.78 is 5.27. The number of hydrogen-bond acceptors (Lipinski definition) is 4. The van der Waals surface area contributed by atoms with Crippen LogP contribution < -0.4 is 15.0 Å². The third-order valence-electron chi connectivity index (χ3n) is 4.35. The lowest BCUT2D eigenvalue weighted by molar-refractivity contribution is 0.415. The summed E-state index contributed by atoms with van der Waals surface area (Å²) >= 11 is 13.7. The van der Waals surface area contributed by atoms with Gasteiger partial charge >= 0.3 is 0 Å². The van der Waals surface area contributed by atoms with Crippen molar-refractivity contribution in [1.82, 2.24) is 10.3 Å². The van der Waals surface area contributed by atoms with E-state index >= 15 is 0 Å². The molecule has 1 N–H and O–H groups in total. The number of ether oxygens (including phenoxy) is 1. The highest BCUT2D eigenvalue weighted by atomic mass is 35.5. The molecular weight excluding hydrogens is 386 g/mol. The second-order valence-electron chi connectivity index (χ2n) is 5.83. The first-order valence-electron chi connectivity index (χ1n) is 8.06. The van der Waals surface area contributed by atoms with Gasteiger partial charge in [-0.2, -0.15) is 0 Å². The van der Waals surface area contributed by atoms with Crippen molar-refractivity contribution in [2.75, 3.05) is 12.0 Å². The van der Waals surface area contributed by atoms with Gasteiger partial charge in [-0.05, 0) is 54.0 Å². The van der Waals surface area contributed by atoms with Crippen LogP contribution in [0.15, 0.2) is 60.1 Å². The molecule has 0 saturated carbocycles. The Kier molecular flexibility index (Phi) is 4.80. The Morgan fingerprint density at radius 3 is 2.77 bits per heavy atom. The highest BCUT2D eigenvalue weighted by Crippen LogP contribution is 2.44. The molecule has 1 aliphatic rings. The number of benzene rings is 1. The van der Waals surface area contributed by atoms with Gasteiger partial charge in [-0.1, -0.05) is 23.7 Å². The van der Waals surface area contributed by atoms with E-state index in [-0.39, 0.29) is 12.1 Å². The average Bonchev–Trinajstić information content (AvgIpc) is 3.30. The Hall–Kier alpha value is -2.15. The standard InChI is InChI=1S/C19H16ClN3OS2/c1-24-15-8-7-12(11-13(15)20)23-18(16-6-4-10-26-16)17(22-19(23)25)14-5-2-3-9-21-14/h2-11,17-18H,1H3,(H,22,25)/t17-,18+/m0/s1. The van der Waals surface area contributed by atoms with Gasteiger partial charge in [0, 0.05) is 16.8 Å². The number of nitrogens with zero attached hydrogens (tertiary/aromatic N) is 2. The molecule has 0 aliphatic carbocycles. The van der Waals surface area contributed by atoms with Gasteiger partial charge in [0.15, 0.2) is 5.11 Å². The molecule has 0 bridgehead atoms. The maximum absolute atomic E-state index is 6.36. The fraction of sp³-hybridized carbons (Fsp3) is 0.158. The van der Waals surface area contributed by atoms with Crippen molar-refractivity contribution in [3.05, 3.63) is 75.7 Å². The van der Waals surface area contributed by atoms with E-state index in [0.29, 0.717) is 15.9 Å². The summed E-state index contributed by atoms with van der Waals surface area (Å²) in [5, 5.41) is 6.71. The molecule has 0 amide bonds. The molecule has 132 valence electrons. The molecule has 3 aromatic rings. The molecule has 1 fully saturated rings. The number of pyridine rings is 1. The van der Waals surface area contributed by atoms with Gasteiger partial charge in [0.05, 0.1) is 29.9 Å². The number of rotatable bonds is 4. The molecule has 2 aromatic heterocycles. The zero-order valence-corrected chi connectivity index (χ0v) is 16.3. The topological polar surface area (TPSA) is 37.4 Å². The van der Waals surface area contributed by atoms with Crippen molar-refractivity contribution >= 4 is 46.0 Å². The van der Waals surface area contributed by atoms with E-state index in [1.807, 2.05) is 36.4 Å². The van der Waals surface area contributed by atoms with E-state index in [4.69, 9.17) is 28.6 Å². The van der Waals surface area contributed by atoms with Crippen LogP contribution in [0.1, 0.15) is 22.7 Å². The molecule has 26 heavy (non-hydrogen) atoms. The van der Waals surface area contributed by atoms with E-state index in [1.165, 1.54) is 4.88 Å². The van der Waals surface area contributed by atoms with E-state index in [1.54, 1.807) is 24.6 Å². The van der Waals surface area contributed by atoms with Crippen LogP contribution in [0, 0.1) is 0 Å². The number of nitrogens with one attached hydrogen (secondary N) is 1. The second kappa shape index (κ2) is 7.23. The number of hydrogen-bond donors (Lipinski definition) is 1. The van der Waals surface area contributed by atoms with Gasteiger partial charge in [-0.25, -0.2) is 0 Å². The van der Waals surface area contributed by atoms with Crippen molar-refractivity contribution in [2.45, 2.75) is 12.1 Å². The lowest BCUT2D eigenvalue weighted by Gasteiger charge is -2.27. The Morgan fingerprint density at radius 1 is 1.23 bits per heavy atom. The molecular formula is C19H16ClN3OS2. The van der Waals surface area contributed by atoms with Crippen molar-refractivity contribution in [3.63, 3.8) is 0 Å². The number of thiocarbonyl (C=S) groups is 1. The zero-order chi connectivity index (χ0) is 18.1. The number of thiophene rings is 1. The summed E-state index contributed by atoms with van der Waals surface area (Å²) in [7, 11) is 1.61. The largest absolute Gasteiger partial charge is 0.495 e. The number of methoxy groups -OCH3 is 1. The number of halogens is 1. The third kappa shape index (κ3) is 3.05. The molecule has 1 saturated heterocycles. The van der Waals surface area contributed by atoms with Crippen LogP contribution in [0.5, 0.6) is 5.75 Å². The molecule has 1 aliphatic heterocycles. The summed E-state index contributed by atoms with van der Waals surface area (Å²) in [5.41, 5.74) is 1.88. The molecule has 4 rings (SSSR count). The van der Waals surface area contributed by atoms with Crippen molar-refractivity contribution in [2.24, 2.45) is 0 Å². The van der Waals surface area contributed by atoms with Crippen molar-refractivity contribution in [3.8, 4) is 5.75 Å². The fourth-order valence-corrected chi connectivity index (χ4v) is 4.64. The molecule has 0 unspecified atom stereocenters. The Bertz CT molecular complexity index is 918. The Morgan fingerprint density at radius 2 is 2.12 bits per heavy atom. The summed E-state index contributed by atoms with van der Waals surface area (Å²) in [6.07, 6.45) is 1.80. The van der Waals surface area contributed by atoms with Crippen LogP contribution in [0.2, 0.25) is 5.02 Å². The molecule has 4 nitrogen and oxygen atoms in total. The van der Waals surface area contributed by atoms with Crippen LogP contribution in [0.3, 0.4) is 0 Å². The predicted molar refractivity (Wildman–Crippen MR) is 110 cm³/mol. The summed E-state index contributed by atoms with van der Waals surface area (Å²) in [4.78, 5) is 7.85. The number of aromatic nitrogens is 1. The SMILES string of the molecule is COc1ccc(N2C(=S)N[C@@H](c3ccccn3)[C@H]2c2cccs2)cc1Cl. The van der Waals surface area contributed by atoms with E-state index in [9.17, 15) is 0 Å². The van der Waals surface area contributed by atoms with Gasteiger partial charge in [0.25, 0.3) is 0 Å². The highest BCUT2D eigenvalue weighted by molar-refractivity contribution is 7.80. The second-order valence-corrected chi connectivity index (χ2v) is 7.60. The monoisotopic (exact) mass is 401 g/mol. The molecule has 0 radical (unpaired) electrons. The smallest absolute Gasteiger partial charge is 0.174 e. The van der Waals surface area contributed by atoms with Crippen LogP contribution in [0.4, 0.5) is 5.69 Å². The van der Waals surface area contributed by atoms with Crippen molar-refractivity contribution in [1.29, 1.82) is 0 Å². The minimum absolute atomic E-state index is 0.00172. The van der Waals surface area contributed by atoms with Gasteiger partial charge in [-0.15, -0.1) is 11.3 Å². The fourth-order valence-electron chi connectivity index (χ4n) is 3.19. The lowest BCUT2D eigenvalue weighted by atomic mass is 10.0. The van der Waals surface area contributed by atoms with E-state index < -0.39 is 0 Å². The summed E-state index contributed by atoms with van der Waals surface area (Å²) in [6, 6.07) is 15.8. The van der Waals surface area contributed by atoms with Gasteiger partial charge < -0.3 is 15.0 Å². The van der Waals surface area contributed by atoms with Crippen LogP contribution in [-0.4, -0.2) is 17.2 Å².